The van der Waals surface area contributed by atoms with Gasteiger partial charge in [-0.1, -0.05) is 6.92 Å². The Kier molecular flexibility index (Phi) is 3.31. The molecule has 5 heteroatoms. The summed E-state index contributed by atoms with van der Waals surface area (Å²) in [6.45, 7) is 5.19. The molecule has 1 N–H and O–H groups in total. The summed E-state index contributed by atoms with van der Waals surface area (Å²) in [6.07, 6.45) is 5.85. The van der Waals surface area contributed by atoms with Crippen molar-refractivity contribution in [3.8, 4) is 0 Å². The van der Waals surface area contributed by atoms with Gasteiger partial charge >= 0.3 is 5.97 Å². The molecule has 0 radical (unpaired) electrons. The summed E-state index contributed by atoms with van der Waals surface area (Å²) in [5, 5.41) is 9.12. The third kappa shape index (κ3) is 2.27. The third-order valence-electron chi connectivity index (χ3n) is 4.49. The Morgan fingerprint density at radius 2 is 2.32 bits per heavy atom. The van der Waals surface area contributed by atoms with Gasteiger partial charge in [0, 0.05) is 19.2 Å². The highest BCUT2D eigenvalue weighted by Gasteiger charge is 2.30. The van der Waals surface area contributed by atoms with Crippen LogP contribution < -0.4 is 0 Å². The maximum Gasteiger partial charge on any atom is 0.307 e. The molecule has 1 saturated heterocycles. The molecule has 3 heterocycles. The minimum atomic E-state index is -0.688. The van der Waals surface area contributed by atoms with Crippen molar-refractivity contribution in [3.05, 3.63) is 17.7 Å². The second-order valence-electron chi connectivity index (χ2n) is 5.59. The highest BCUT2D eigenvalue weighted by Crippen LogP contribution is 2.32. The molecule has 3 rings (SSSR count). The van der Waals surface area contributed by atoms with E-state index in [0.717, 1.165) is 37.6 Å². The van der Waals surface area contributed by atoms with Gasteiger partial charge in [-0.25, -0.2) is 4.98 Å². The van der Waals surface area contributed by atoms with Crippen LogP contribution >= 0.6 is 0 Å². The number of rotatable bonds is 3. The summed E-state index contributed by atoms with van der Waals surface area (Å²) in [7, 11) is 0. The van der Waals surface area contributed by atoms with Crippen LogP contribution in [0.2, 0.25) is 0 Å². The molecule has 2 atom stereocenters. The predicted octanol–water partition coefficient (Wildman–Crippen LogP) is 1.69. The zero-order valence-electron chi connectivity index (χ0n) is 11.4. The van der Waals surface area contributed by atoms with Crippen LogP contribution in [0, 0.1) is 5.92 Å². The molecule has 2 aliphatic rings. The lowest BCUT2D eigenvalue weighted by atomic mass is 9.98. The topological polar surface area (TPSA) is 58.4 Å². The predicted molar refractivity (Wildman–Crippen MR) is 70.9 cm³/mol. The molecular formula is C14H21N3O2. The minimum absolute atomic E-state index is 0.256. The van der Waals surface area contributed by atoms with Gasteiger partial charge in [0.1, 0.15) is 5.82 Å². The highest BCUT2D eigenvalue weighted by molar-refractivity contribution is 5.70. The Bertz CT molecular complexity index is 483. The fourth-order valence-corrected chi connectivity index (χ4v) is 3.36. The van der Waals surface area contributed by atoms with Crippen LogP contribution in [0.25, 0.3) is 0 Å². The van der Waals surface area contributed by atoms with Crippen molar-refractivity contribution in [2.75, 3.05) is 13.1 Å². The van der Waals surface area contributed by atoms with Crippen LogP contribution in [0.5, 0.6) is 0 Å². The maximum atomic E-state index is 11.1. The molecule has 104 valence electrons. The molecule has 1 aromatic rings. The van der Waals surface area contributed by atoms with Gasteiger partial charge in [-0.3, -0.25) is 9.69 Å². The number of carboxylic acid groups (broad SMARTS) is 1. The summed E-state index contributed by atoms with van der Waals surface area (Å²) in [4.78, 5) is 18.3. The molecule has 1 fully saturated rings. The van der Waals surface area contributed by atoms with Gasteiger partial charge in [0.2, 0.25) is 0 Å². The van der Waals surface area contributed by atoms with E-state index in [1.807, 2.05) is 0 Å². The Labute approximate surface area is 113 Å². The van der Waals surface area contributed by atoms with E-state index in [2.05, 4.69) is 22.6 Å². The van der Waals surface area contributed by atoms with Gasteiger partial charge in [-0.05, 0) is 32.4 Å². The molecule has 0 spiro atoms. The fraction of sp³-hybridized carbons (Fsp3) is 0.714. The number of aryl methyl sites for hydroxylation is 1. The van der Waals surface area contributed by atoms with Crippen LogP contribution in [-0.2, 0) is 17.8 Å². The van der Waals surface area contributed by atoms with E-state index >= 15 is 0 Å². The SMILES string of the molecule is CCN1CCCC1c1cn2c(n1)CC(C(=O)O)CC2. The molecule has 2 aliphatic heterocycles. The van der Waals surface area contributed by atoms with Gasteiger partial charge in [0.15, 0.2) is 0 Å². The van der Waals surface area contributed by atoms with E-state index in [-0.39, 0.29) is 5.92 Å². The van der Waals surface area contributed by atoms with E-state index in [1.165, 1.54) is 12.8 Å². The molecular weight excluding hydrogens is 242 g/mol. The highest BCUT2D eigenvalue weighted by atomic mass is 16.4. The van der Waals surface area contributed by atoms with Crippen molar-refractivity contribution >= 4 is 5.97 Å². The lowest BCUT2D eigenvalue weighted by Crippen LogP contribution is -2.25. The summed E-state index contributed by atoms with van der Waals surface area (Å²) in [6, 6.07) is 0.436. The first kappa shape index (κ1) is 12.7. The lowest BCUT2D eigenvalue weighted by molar-refractivity contribution is -0.142. The van der Waals surface area contributed by atoms with Crippen LogP contribution in [0.1, 0.15) is 43.7 Å². The van der Waals surface area contributed by atoms with Crippen molar-refractivity contribution in [2.24, 2.45) is 5.92 Å². The number of likely N-dealkylation sites (tertiary alicyclic amines) is 1. The Hall–Kier alpha value is -1.36. The number of carbonyl (C=O) groups is 1. The summed E-state index contributed by atoms with van der Waals surface area (Å²) < 4.78 is 2.15. The zero-order valence-corrected chi connectivity index (χ0v) is 11.4. The number of fused-ring (bicyclic) bond motifs is 1. The monoisotopic (exact) mass is 263 g/mol. The number of imidazole rings is 1. The average molecular weight is 263 g/mol. The van der Waals surface area contributed by atoms with Crippen molar-refractivity contribution in [3.63, 3.8) is 0 Å². The first-order valence-electron chi connectivity index (χ1n) is 7.22. The number of nitrogens with zero attached hydrogens (tertiary/aromatic N) is 3. The van der Waals surface area contributed by atoms with Crippen LogP contribution in [-0.4, -0.2) is 38.6 Å². The first-order chi connectivity index (χ1) is 9.19. The molecule has 0 amide bonds. The van der Waals surface area contributed by atoms with E-state index in [4.69, 9.17) is 10.1 Å². The third-order valence-corrected chi connectivity index (χ3v) is 4.49. The molecule has 0 aliphatic carbocycles. The molecule has 0 saturated carbocycles. The van der Waals surface area contributed by atoms with E-state index in [1.54, 1.807) is 0 Å². The smallest absolute Gasteiger partial charge is 0.307 e. The Morgan fingerprint density at radius 1 is 1.47 bits per heavy atom. The van der Waals surface area contributed by atoms with E-state index in [9.17, 15) is 4.79 Å². The summed E-state index contributed by atoms with van der Waals surface area (Å²) >= 11 is 0. The summed E-state index contributed by atoms with van der Waals surface area (Å²) in [5.41, 5.74) is 1.14. The lowest BCUT2D eigenvalue weighted by Gasteiger charge is -2.20. The van der Waals surface area contributed by atoms with Gasteiger partial charge < -0.3 is 9.67 Å². The quantitative estimate of drug-likeness (QED) is 0.901. The largest absolute Gasteiger partial charge is 0.481 e. The molecule has 19 heavy (non-hydrogen) atoms. The molecule has 5 nitrogen and oxygen atoms in total. The second-order valence-corrected chi connectivity index (χ2v) is 5.59. The van der Waals surface area contributed by atoms with Crippen molar-refractivity contribution in [1.82, 2.24) is 14.5 Å². The van der Waals surface area contributed by atoms with Gasteiger partial charge in [-0.15, -0.1) is 0 Å². The van der Waals surface area contributed by atoms with Gasteiger partial charge in [-0.2, -0.15) is 0 Å². The fourth-order valence-electron chi connectivity index (χ4n) is 3.36. The van der Waals surface area contributed by atoms with Crippen LogP contribution in [0.4, 0.5) is 0 Å². The molecule has 1 aromatic heterocycles. The van der Waals surface area contributed by atoms with Gasteiger partial charge in [0.25, 0.3) is 0 Å². The number of carboxylic acids is 1. The summed E-state index contributed by atoms with van der Waals surface area (Å²) in [5.74, 6) is 0.0112. The molecule has 2 unspecified atom stereocenters. The van der Waals surface area contributed by atoms with Crippen molar-refractivity contribution < 1.29 is 9.90 Å². The van der Waals surface area contributed by atoms with Crippen LogP contribution in [0.3, 0.4) is 0 Å². The Balaban J connectivity index is 1.81. The molecule has 0 aromatic carbocycles. The van der Waals surface area contributed by atoms with Crippen molar-refractivity contribution in [2.45, 2.75) is 45.2 Å². The van der Waals surface area contributed by atoms with Crippen molar-refractivity contribution in [1.29, 1.82) is 0 Å². The molecule has 0 bridgehead atoms. The zero-order chi connectivity index (χ0) is 13.4. The average Bonchev–Trinajstić information content (AvgIpc) is 3.03. The standard InChI is InChI=1S/C14H21N3O2/c1-2-16-6-3-4-12(16)11-9-17-7-5-10(14(18)19)8-13(17)15-11/h9-10,12H,2-8H2,1H3,(H,18,19). The van der Waals surface area contributed by atoms with Gasteiger partial charge in [0.05, 0.1) is 17.7 Å². The van der Waals surface area contributed by atoms with Crippen LogP contribution in [0.15, 0.2) is 6.20 Å². The number of hydrogen-bond donors (Lipinski definition) is 1. The Morgan fingerprint density at radius 3 is 3.05 bits per heavy atom. The van der Waals surface area contributed by atoms with E-state index in [0.29, 0.717) is 12.5 Å². The van der Waals surface area contributed by atoms with E-state index < -0.39 is 5.97 Å². The number of aliphatic carboxylic acids is 1. The first-order valence-corrected chi connectivity index (χ1v) is 7.22. The minimum Gasteiger partial charge on any atom is -0.481 e. The normalized spacial score (nSPS) is 27.4. The second kappa shape index (κ2) is 4.96. The number of aromatic nitrogens is 2. The maximum absolute atomic E-state index is 11.1. The number of hydrogen-bond acceptors (Lipinski definition) is 3.